The summed E-state index contributed by atoms with van der Waals surface area (Å²) in [5.41, 5.74) is 1.61. The molecule has 0 spiro atoms. The zero-order valence-electron chi connectivity index (χ0n) is 11.4. The number of aromatic nitrogens is 2. The number of halogens is 1. The Balaban J connectivity index is 2.37. The summed E-state index contributed by atoms with van der Waals surface area (Å²) in [6.07, 6.45) is 3.19. The van der Waals surface area contributed by atoms with Crippen LogP contribution in [0.1, 0.15) is 17.3 Å². The number of fused-ring (bicyclic) bond motifs is 1. The van der Waals surface area contributed by atoms with E-state index >= 15 is 0 Å². The lowest BCUT2D eigenvalue weighted by molar-refractivity contribution is 0.0528. The van der Waals surface area contributed by atoms with Crippen molar-refractivity contribution in [3.05, 3.63) is 29.0 Å². The van der Waals surface area contributed by atoms with Crippen LogP contribution in [0, 0.1) is 0 Å². The molecule has 0 bridgehead atoms. The number of hydrogen-bond donors (Lipinski definition) is 1. The molecule has 2 rings (SSSR count). The van der Waals surface area contributed by atoms with Crippen LogP contribution >= 0.6 is 11.6 Å². The van der Waals surface area contributed by atoms with Crippen LogP contribution in [0.15, 0.2) is 18.5 Å². The van der Waals surface area contributed by atoms with Crippen LogP contribution < -0.4 is 5.32 Å². The van der Waals surface area contributed by atoms with Gasteiger partial charge >= 0.3 is 5.97 Å². The first-order chi connectivity index (χ1) is 9.69. The maximum absolute atomic E-state index is 11.9. The fraction of sp³-hybridized carbons (Fsp3) is 0.385. The number of hydrogen-bond acceptors (Lipinski definition) is 5. The molecule has 0 saturated heterocycles. The first-order valence-corrected chi connectivity index (χ1v) is 6.62. The van der Waals surface area contributed by atoms with Gasteiger partial charge in [-0.25, -0.2) is 9.31 Å². The summed E-state index contributed by atoms with van der Waals surface area (Å²) >= 11 is 6.34. The lowest BCUT2D eigenvalue weighted by atomic mass is 10.2. The number of carbonyl (C=O) groups is 1. The first-order valence-electron chi connectivity index (χ1n) is 6.24. The number of pyridine rings is 1. The van der Waals surface area contributed by atoms with Crippen molar-refractivity contribution in [2.75, 3.05) is 32.2 Å². The van der Waals surface area contributed by atoms with Crippen molar-refractivity contribution in [1.82, 2.24) is 9.61 Å². The van der Waals surface area contributed by atoms with Crippen molar-refractivity contribution in [2.24, 2.45) is 0 Å². The molecule has 0 fully saturated rings. The Morgan fingerprint density at radius 3 is 3.05 bits per heavy atom. The second-order valence-corrected chi connectivity index (χ2v) is 4.41. The number of nitrogens with one attached hydrogen (secondary N) is 1. The van der Waals surface area contributed by atoms with E-state index in [9.17, 15) is 4.79 Å². The molecule has 0 saturated carbocycles. The topological polar surface area (TPSA) is 64.9 Å². The smallest absolute Gasteiger partial charge is 0.342 e. The third-order valence-electron chi connectivity index (χ3n) is 2.74. The molecule has 0 amide bonds. The lowest BCUT2D eigenvalue weighted by Gasteiger charge is -2.09. The van der Waals surface area contributed by atoms with Crippen LogP contribution in [-0.2, 0) is 9.47 Å². The molecule has 0 aliphatic heterocycles. The SMILES string of the molecule is CCOC(=O)c1cnn2ccc(NCCOC)c(Cl)c12. The first kappa shape index (κ1) is 14.6. The Hall–Kier alpha value is -1.79. The van der Waals surface area contributed by atoms with Crippen molar-refractivity contribution in [3.8, 4) is 0 Å². The van der Waals surface area contributed by atoms with Crippen molar-refractivity contribution < 1.29 is 14.3 Å². The quantitative estimate of drug-likeness (QED) is 0.654. The molecule has 0 aliphatic rings. The molecule has 20 heavy (non-hydrogen) atoms. The van der Waals surface area contributed by atoms with Gasteiger partial charge in [0.15, 0.2) is 0 Å². The highest BCUT2D eigenvalue weighted by molar-refractivity contribution is 6.37. The molecular weight excluding hydrogens is 282 g/mol. The average molecular weight is 298 g/mol. The molecule has 2 aromatic rings. The predicted molar refractivity (Wildman–Crippen MR) is 76.5 cm³/mol. The minimum absolute atomic E-state index is 0.305. The minimum atomic E-state index is -0.432. The molecule has 0 radical (unpaired) electrons. The fourth-order valence-corrected chi connectivity index (χ4v) is 2.14. The zero-order chi connectivity index (χ0) is 14.5. The van der Waals surface area contributed by atoms with Gasteiger partial charge in [0.1, 0.15) is 11.1 Å². The Morgan fingerprint density at radius 2 is 2.35 bits per heavy atom. The van der Waals surface area contributed by atoms with E-state index in [1.54, 1.807) is 30.8 Å². The number of methoxy groups -OCH3 is 1. The van der Waals surface area contributed by atoms with Crippen molar-refractivity contribution >= 4 is 28.8 Å². The average Bonchev–Trinajstić information content (AvgIpc) is 2.86. The normalized spacial score (nSPS) is 10.8. The predicted octanol–water partition coefficient (Wildman–Crippen LogP) is 2.22. The number of anilines is 1. The summed E-state index contributed by atoms with van der Waals surface area (Å²) in [4.78, 5) is 11.9. The maximum Gasteiger partial charge on any atom is 0.342 e. The molecule has 0 atom stereocenters. The molecule has 108 valence electrons. The number of carbonyl (C=O) groups excluding carboxylic acids is 1. The van der Waals surface area contributed by atoms with E-state index in [4.69, 9.17) is 21.1 Å². The van der Waals surface area contributed by atoms with Gasteiger partial charge in [-0.05, 0) is 13.0 Å². The van der Waals surface area contributed by atoms with Gasteiger partial charge in [-0.1, -0.05) is 11.6 Å². The Kier molecular flexibility index (Phi) is 4.81. The molecule has 2 heterocycles. The van der Waals surface area contributed by atoms with Gasteiger partial charge in [-0.3, -0.25) is 0 Å². The van der Waals surface area contributed by atoms with Crippen molar-refractivity contribution in [2.45, 2.75) is 6.92 Å². The second kappa shape index (κ2) is 6.58. The van der Waals surface area contributed by atoms with Crippen molar-refractivity contribution in [1.29, 1.82) is 0 Å². The number of rotatable bonds is 6. The van der Waals surface area contributed by atoms with Gasteiger partial charge in [-0.15, -0.1) is 0 Å². The van der Waals surface area contributed by atoms with E-state index < -0.39 is 5.97 Å². The summed E-state index contributed by atoms with van der Waals surface area (Å²) in [5.74, 6) is -0.432. The van der Waals surface area contributed by atoms with E-state index in [2.05, 4.69) is 10.4 Å². The summed E-state index contributed by atoms with van der Waals surface area (Å²) in [6, 6.07) is 1.80. The number of nitrogens with zero attached hydrogens (tertiary/aromatic N) is 2. The highest BCUT2D eigenvalue weighted by Crippen LogP contribution is 2.29. The van der Waals surface area contributed by atoms with E-state index in [0.717, 1.165) is 5.69 Å². The van der Waals surface area contributed by atoms with Gasteiger partial charge in [0, 0.05) is 19.9 Å². The zero-order valence-corrected chi connectivity index (χ0v) is 12.1. The molecule has 7 heteroatoms. The highest BCUT2D eigenvalue weighted by Gasteiger charge is 2.18. The highest BCUT2D eigenvalue weighted by atomic mass is 35.5. The van der Waals surface area contributed by atoms with Crippen LogP contribution in [0.5, 0.6) is 0 Å². The Morgan fingerprint density at radius 1 is 1.55 bits per heavy atom. The lowest BCUT2D eigenvalue weighted by Crippen LogP contribution is -2.09. The summed E-state index contributed by atoms with van der Waals surface area (Å²) in [6.45, 7) is 3.24. The van der Waals surface area contributed by atoms with Gasteiger partial charge < -0.3 is 14.8 Å². The molecule has 0 aromatic carbocycles. The molecule has 0 unspecified atom stereocenters. The molecular formula is C13H16ClN3O3. The largest absolute Gasteiger partial charge is 0.462 e. The number of ether oxygens (including phenoxy) is 2. The monoisotopic (exact) mass is 297 g/mol. The Bertz CT molecular complexity index is 612. The maximum atomic E-state index is 11.9. The summed E-state index contributed by atoms with van der Waals surface area (Å²) in [7, 11) is 1.63. The molecule has 1 N–H and O–H groups in total. The van der Waals surface area contributed by atoms with Gasteiger partial charge in [0.2, 0.25) is 0 Å². The standard InChI is InChI=1S/C13H16ClN3O3/c1-3-20-13(18)9-8-16-17-6-4-10(11(14)12(9)17)15-5-7-19-2/h4,6,8,15H,3,5,7H2,1-2H3. The van der Waals surface area contributed by atoms with E-state index in [-0.39, 0.29) is 0 Å². The van der Waals surface area contributed by atoms with Gasteiger partial charge in [-0.2, -0.15) is 5.10 Å². The molecule has 2 aromatic heterocycles. The van der Waals surface area contributed by atoms with Crippen LogP contribution in [0.4, 0.5) is 5.69 Å². The van der Waals surface area contributed by atoms with Crippen LogP contribution in [-0.4, -0.2) is 42.5 Å². The van der Waals surface area contributed by atoms with Crippen LogP contribution in [0.3, 0.4) is 0 Å². The third kappa shape index (κ3) is 2.86. The van der Waals surface area contributed by atoms with Crippen LogP contribution in [0.2, 0.25) is 5.02 Å². The van der Waals surface area contributed by atoms with Crippen molar-refractivity contribution in [3.63, 3.8) is 0 Å². The van der Waals surface area contributed by atoms with Gasteiger partial charge in [0.25, 0.3) is 0 Å². The summed E-state index contributed by atoms with van der Waals surface area (Å²) < 4.78 is 11.5. The van der Waals surface area contributed by atoms with E-state index in [1.807, 2.05) is 0 Å². The number of esters is 1. The van der Waals surface area contributed by atoms with Gasteiger partial charge in [0.05, 0.1) is 30.1 Å². The van der Waals surface area contributed by atoms with E-state index in [0.29, 0.717) is 35.9 Å². The summed E-state index contributed by atoms with van der Waals surface area (Å²) in [5, 5.41) is 7.68. The van der Waals surface area contributed by atoms with Crippen LogP contribution in [0.25, 0.3) is 5.52 Å². The molecule has 0 aliphatic carbocycles. The molecule has 6 nitrogen and oxygen atoms in total. The minimum Gasteiger partial charge on any atom is -0.462 e. The fourth-order valence-electron chi connectivity index (χ4n) is 1.82. The second-order valence-electron chi connectivity index (χ2n) is 4.03. The van der Waals surface area contributed by atoms with E-state index in [1.165, 1.54) is 6.20 Å². The Labute approximate surface area is 121 Å². The third-order valence-corrected chi connectivity index (χ3v) is 3.12.